The Balaban J connectivity index is 1.73. The number of nitrogens with one attached hydrogen (secondary N) is 1. The zero-order valence-corrected chi connectivity index (χ0v) is 15.2. The van der Waals surface area contributed by atoms with Gasteiger partial charge in [0.2, 0.25) is 0 Å². The minimum Gasteiger partial charge on any atom is -0.495 e. The molecule has 2 rings (SSSR count). The van der Waals surface area contributed by atoms with Crippen molar-refractivity contribution in [1.82, 2.24) is 0 Å². The fourth-order valence-corrected chi connectivity index (χ4v) is 2.26. The van der Waals surface area contributed by atoms with E-state index in [1.54, 1.807) is 24.3 Å². The molecule has 0 atom stereocenters. The number of benzene rings is 2. The first-order chi connectivity index (χ1) is 12.5. The average molecular weight is 357 g/mol. The Kier molecular flexibility index (Phi) is 7.02. The van der Waals surface area contributed by atoms with Gasteiger partial charge in [0.1, 0.15) is 11.5 Å². The summed E-state index contributed by atoms with van der Waals surface area (Å²) in [4.78, 5) is 23.6. The van der Waals surface area contributed by atoms with E-state index in [2.05, 4.69) is 5.32 Å². The Morgan fingerprint density at radius 1 is 1.04 bits per heavy atom. The Morgan fingerprint density at radius 3 is 2.58 bits per heavy atom. The Bertz CT molecular complexity index is 773. The van der Waals surface area contributed by atoms with Gasteiger partial charge >= 0.3 is 5.97 Å². The van der Waals surface area contributed by atoms with Gasteiger partial charge in [-0.05, 0) is 43.2 Å². The van der Waals surface area contributed by atoms with E-state index >= 15 is 0 Å². The molecule has 1 amide bonds. The number of aryl methyl sites for hydroxylation is 2. The van der Waals surface area contributed by atoms with Crippen LogP contribution in [0.1, 0.15) is 17.5 Å². The first-order valence-corrected chi connectivity index (χ1v) is 8.28. The fraction of sp³-hybridized carbons (Fsp3) is 0.300. The standard InChI is InChI=1S/C20H23NO5/c1-14-8-9-15(2)18(12-14)25-11-10-20(23)26-13-19(22)21-16-6-4-5-7-17(16)24-3/h4-9,12H,10-11,13H2,1-3H3,(H,21,22). The molecule has 0 radical (unpaired) electrons. The molecule has 138 valence electrons. The minimum atomic E-state index is -0.495. The first kappa shape index (κ1) is 19.3. The molecule has 6 nitrogen and oxygen atoms in total. The molecule has 2 aromatic carbocycles. The summed E-state index contributed by atoms with van der Waals surface area (Å²) in [6.07, 6.45) is 0.0648. The third-order valence-corrected chi connectivity index (χ3v) is 3.65. The van der Waals surface area contributed by atoms with Crippen molar-refractivity contribution in [2.24, 2.45) is 0 Å². The molecule has 0 aliphatic carbocycles. The van der Waals surface area contributed by atoms with Crippen molar-refractivity contribution in [1.29, 1.82) is 0 Å². The number of rotatable bonds is 8. The number of anilines is 1. The summed E-state index contributed by atoms with van der Waals surface area (Å²) >= 11 is 0. The molecule has 0 saturated heterocycles. The molecule has 26 heavy (non-hydrogen) atoms. The van der Waals surface area contributed by atoms with Gasteiger partial charge in [-0.15, -0.1) is 0 Å². The van der Waals surface area contributed by atoms with E-state index in [0.717, 1.165) is 16.9 Å². The van der Waals surface area contributed by atoms with E-state index in [1.165, 1.54) is 7.11 Å². The van der Waals surface area contributed by atoms with Gasteiger partial charge in [0, 0.05) is 0 Å². The molecule has 0 aliphatic rings. The third-order valence-electron chi connectivity index (χ3n) is 3.65. The molecule has 0 bridgehead atoms. The lowest BCUT2D eigenvalue weighted by Crippen LogP contribution is -2.22. The van der Waals surface area contributed by atoms with Gasteiger partial charge in [0.05, 0.1) is 25.8 Å². The molecule has 0 aromatic heterocycles. The van der Waals surface area contributed by atoms with Crippen LogP contribution in [0.25, 0.3) is 0 Å². The smallest absolute Gasteiger partial charge is 0.309 e. The Hall–Kier alpha value is -3.02. The molecule has 1 N–H and O–H groups in total. The minimum absolute atomic E-state index is 0.0648. The summed E-state index contributed by atoms with van der Waals surface area (Å²) in [6.45, 7) is 3.74. The molecule has 0 saturated carbocycles. The van der Waals surface area contributed by atoms with E-state index in [-0.39, 0.29) is 19.6 Å². The van der Waals surface area contributed by atoms with Crippen LogP contribution in [-0.4, -0.2) is 32.2 Å². The second-order valence-corrected chi connectivity index (χ2v) is 5.78. The number of carbonyl (C=O) groups excluding carboxylic acids is 2. The zero-order chi connectivity index (χ0) is 18.9. The van der Waals surface area contributed by atoms with Crippen LogP contribution in [-0.2, 0) is 14.3 Å². The number of hydrogen-bond donors (Lipinski definition) is 1. The summed E-state index contributed by atoms with van der Waals surface area (Å²) in [5.41, 5.74) is 2.61. The van der Waals surface area contributed by atoms with Crippen LogP contribution < -0.4 is 14.8 Å². The molecule has 0 fully saturated rings. The molecule has 2 aromatic rings. The van der Waals surface area contributed by atoms with Crippen LogP contribution >= 0.6 is 0 Å². The average Bonchev–Trinajstić information content (AvgIpc) is 2.63. The maximum atomic E-state index is 11.9. The third kappa shape index (κ3) is 5.81. The van der Waals surface area contributed by atoms with E-state index in [4.69, 9.17) is 14.2 Å². The predicted octanol–water partition coefficient (Wildman–Crippen LogP) is 3.26. The van der Waals surface area contributed by atoms with E-state index in [1.807, 2.05) is 32.0 Å². The highest BCUT2D eigenvalue weighted by atomic mass is 16.5. The van der Waals surface area contributed by atoms with Crippen molar-refractivity contribution in [3.8, 4) is 11.5 Å². The Morgan fingerprint density at radius 2 is 1.81 bits per heavy atom. The number of ether oxygens (including phenoxy) is 3. The highest BCUT2D eigenvalue weighted by molar-refractivity contribution is 5.94. The van der Waals surface area contributed by atoms with Gasteiger partial charge in [0.25, 0.3) is 5.91 Å². The second kappa shape index (κ2) is 9.46. The number of para-hydroxylation sites is 2. The molecular weight excluding hydrogens is 334 g/mol. The number of methoxy groups -OCH3 is 1. The fourth-order valence-electron chi connectivity index (χ4n) is 2.26. The lowest BCUT2D eigenvalue weighted by molar-refractivity contribution is -0.147. The summed E-state index contributed by atoms with van der Waals surface area (Å²) in [5, 5.41) is 2.64. The monoisotopic (exact) mass is 357 g/mol. The van der Waals surface area contributed by atoms with Crippen LogP contribution in [0, 0.1) is 13.8 Å². The Labute approximate surface area is 153 Å². The number of esters is 1. The normalized spacial score (nSPS) is 10.1. The van der Waals surface area contributed by atoms with Crippen molar-refractivity contribution in [2.75, 3.05) is 25.6 Å². The maximum Gasteiger partial charge on any atom is 0.309 e. The van der Waals surface area contributed by atoms with Gasteiger partial charge in [0.15, 0.2) is 6.61 Å². The highest BCUT2D eigenvalue weighted by Crippen LogP contribution is 2.22. The van der Waals surface area contributed by atoms with Gasteiger partial charge in [-0.1, -0.05) is 24.3 Å². The summed E-state index contributed by atoms with van der Waals surface area (Å²) in [7, 11) is 1.51. The van der Waals surface area contributed by atoms with Crippen molar-refractivity contribution in [3.63, 3.8) is 0 Å². The van der Waals surface area contributed by atoms with E-state index in [0.29, 0.717) is 11.4 Å². The predicted molar refractivity (Wildman–Crippen MR) is 98.6 cm³/mol. The highest BCUT2D eigenvalue weighted by Gasteiger charge is 2.11. The lowest BCUT2D eigenvalue weighted by Gasteiger charge is -2.11. The van der Waals surface area contributed by atoms with Gasteiger partial charge in [-0.3, -0.25) is 9.59 Å². The number of hydrogen-bond acceptors (Lipinski definition) is 5. The molecule has 0 aliphatic heterocycles. The molecular formula is C20H23NO5. The molecule has 0 spiro atoms. The van der Waals surface area contributed by atoms with E-state index < -0.39 is 11.9 Å². The quantitative estimate of drug-likeness (QED) is 0.734. The summed E-state index contributed by atoms with van der Waals surface area (Å²) in [5.74, 6) is 0.351. The van der Waals surface area contributed by atoms with Crippen LogP contribution in [0.15, 0.2) is 42.5 Å². The summed E-state index contributed by atoms with van der Waals surface area (Å²) < 4.78 is 15.7. The second-order valence-electron chi connectivity index (χ2n) is 5.78. The number of amides is 1. The maximum absolute atomic E-state index is 11.9. The van der Waals surface area contributed by atoms with Crippen molar-refractivity contribution < 1.29 is 23.8 Å². The molecule has 0 heterocycles. The van der Waals surface area contributed by atoms with Crippen molar-refractivity contribution >= 4 is 17.6 Å². The first-order valence-electron chi connectivity index (χ1n) is 8.28. The lowest BCUT2D eigenvalue weighted by atomic mass is 10.1. The van der Waals surface area contributed by atoms with Crippen molar-refractivity contribution in [2.45, 2.75) is 20.3 Å². The van der Waals surface area contributed by atoms with Gasteiger partial charge in [-0.25, -0.2) is 0 Å². The summed E-state index contributed by atoms with van der Waals surface area (Å²) in [6, 6.07) is 12.9. The SMILES string of the molecule is COc1ccccc1NC(=O)COC(=O)CCOc1cc(C)ccc1C. The molecule has 6 heteroatoms. The van der Waals surface area contributed by atoms with Crippen LogP contribution in [0.2, 0.25) is 0 Å². The van der Waals surface area contributed by atoms with Crippen molar-refractivity contribution in [3.05, 3.63) is 53.6 Å². The van der Waals surface area contributed by atoms with Gasteiger partial charge in [-0.2, -0.15) is 0 Å². The van der Waals surface area contributed by atoms with E-state index in [9.17, 15) is 9.59 Å². The van der Waals surface area contributed by atoms with Gasteiger partial charge < -0.3 is 19.5 Å². The van der Waals surface area contributed by atoms with Crippen LogP contribution in [0.3, 0.4) is 0 Å². The van der Waals surface area contributed by atoms with Crippen LogP contribution in [0.5, 0.6) is 11.5 Å². The van der Waals surface area contributed by atoms with Crippen LogP contribution in [0.4, 0.5) is 5.69 Å². The molecule has 0 unspecified atom stereocenters. The topological polar surface area (TPSA) is 73.9 Å². The number of carbonyl (C=O) groups is 2. The zero-order valence-electron chi connectivity index (χ0n) is 15.2. The largest absolute Gasteiger partial charge is 0.495 e.